The fourth-order valence-corrected chi connectivity index (χ4v) is 1.97. The topological polar surface area (TPSA) is 69.6 Å². The first-order valence-electron chi connectivity index (χ1n) is 7.72. The molecule has 0 aromatic heterocycles. The lowest BCUT2D eigenvalue weighted by atomic mass is 10.0. The first kappa shape index (κ1) is 18.7. The second kappa shape index (κ2) is 11.6. The molecule has 5 nitrogen and oxygen atoms in total. The van der Waals surface area contributed by atoms with Crippen molar-refractivity contribution in [2.24, 2.45) is 5.92 Å². The Bertz CT molecular complexity index is 280. The van der Waals surface area contributed by atoms with Gasteiger partial charge >= 0.3 is 12.0 Å². The Balaban J connectivity index is 3.61. The van der Waals surface area contributed by atoms with Crippen LogP contribution in [0.3, 0.4) is 0 Å². The Morgan fingerprint density at radius 3 is 2.35 bits per heavy atom. The van der Waals surface area contributed by atoms with E-state index in [0.29, 0.717) is 13.1 Å². The Hall–Kier alpha value is -1.26. The molecule has 20 heavy (non-hydrogen) atoms. The van der Waals surface area contributed by atoms with Crippen molar-refractivity contribution >= 4 is 12.0 Å². The third-order valence-corrected chi connectivity index (χ3v) is 3.25. The normalized spacial score (nSPS) is 10.6. The summed E-state index contributed by atoms with van der Waals surface area (Å²) in [6, 6.07) is -0.157. The van der Waals surface area contributed by atoms with Gasteiger partial charge in [0.15, 0.2) is 0 Å². The monoisotopic (exact) mass is 286 g/mol. The highest BCUT2D eigenvalue weighted by atomic mass is 16.4. The molecule has 118 valence electrons. The highest BCUT2D eigenvalue weighted by Crippen LogP contribution is 2.08. The summed E-state index contributed by atoms with van der Waals surface area (Å²) in [4.78, 5) is 23.8. The molecule has 0 heterocycles. The Morgan fingerprint density at radius 1 is 1.15 bits per heavy atom. The molecule has 2 amide bonds. The Morgan fingerprint density at radius 2 is 1.80 bits per heavy atom. The van der Waals surface area contributed by atoms with Crippen molar-refractivity contribution < 1.29 is 14.7 Å². The standard InChI is InChI=1S/C15H30N2O3/c1-4-17(12-10-14(18)19)15(20)16-11-8-6-5-7-9-13(2)3/h13H,4-12H2,1-3H3,(H,16,20)(H,18,19). The van der Waals surface area contributed by atoms with Crippen LogP contribution in [0.4, 0.5) is 4.79 Å². The van der Waals surface area contributed by atoms with Gasteiger partial charge in [0.25, 0.3) is 0 Å². The van der Waals surface area contributed by atoms with E-state index in [4.69, 9.17) is 5.11 Å². The van der Waals surface area contributed by atoms with Gasteiger partial charge in [-0.25, -0.2) is 4.79 Å². The highest BCUT2D eigenvalue weighted by Gasteiger charge is 2.11. The molecular weight excluding hydrogens is 256 g/mol. The summed E-state index contributed by atoms with van der Waals surface area (Å²) in [5.74, 6) is -0.108. The van der Waals surface area contributed by atoms with Crippen molar-refractivity contribution in [1.29, 1.82) is 0 Å². The van der Waals surface area contributed by atoms with Gasteiger partial charge in [-0.2, -0.15) is 0 Å². The molecule has 0 aromatic rings. The van der Waals surface area contributed by atoms with Crippen LogP contribution in [0, 0.1) is 5.92 Å². The maximum absolute atomic E-state index is 11.8. The molecule has 0 aliphatic rings. The molecule has 0 saturated carbocycles. The van der Waals surface area contributed by atoms with E-state index >= 15 is 0 Å². The second-order valence-electron chi connectivity index (χ2n) is 5.55. The number of carbonyl (C=O) groups is 2. The molecule has 0 fully saturated rings. The summed E-state index contributed by atoms with van der Waals surface area (Å²) in [5.41, 5.74) is 0. The molecule has 0 saturated heterocycles. The molecule has 0 spiro atoms. The molecule has 0 aromatic carbocycles. The van der Waals surface area contributed by atoms with E-state index in [0.717, 1.165) is 18.8 Å². The van der Waals surface area contributed by atoms with E-state index in [9.17, 15) is 9.59 Å². The van der Waals surface area contributed by atoms with Crippen molar-refractivity contribution in [3.8, 4) is 0 Å². The van der Waals surface area contributed by atoms with Gasteiger partial charge in [-0.1, -0.05) is 39.5 Å². The van der Waals surface area contributed by atoms with Crippen LogP contribution >= 0.6 is 0 Å². The molecule has 0 radical (unpaired) electrons. The minimum Gasteiger partial charge on any atom is -0.481 e. The van der Waals surface area contributed by atoms with Gasteiger partial charge in [0, 0.05) is 19.6 Å². The van der Waals surface area contributed by atoms with Gasteiger partial charge in [-0.05, 0) is 19.3 Å². The second-order valence-corrected chi connectivity index (χ2v) is 5.55. The SMILES string of the molecule is CCN(CCC(=O)O)C(=O)NCCCCCCC(C)C. The van der Waals surface area contributed by atoms with Crippen molar-refractivity contribution in [3.05, 3.63) is 0 Å². The number of amides is 2. The van der Waals surface area contributed by atoms with Gasteiger partial charge in [0.1, 0.15) is 0 Å². The number of hydrogen-bond acceptors (Lipinski definition) is 2. The Kier molecular flexibility index (Phi) is 10.8. The number of nitrogens with zero attached hydrogens (tertiary/aromatic N) is 1. The zero-order valence-corrected chi connectivity index (χ0v) is 13.2. The highest BCUT2D eigenvalue weighted by molar-refractivity contribution is 5.75. The number of aliphatic carboxylic acids is 1. The largest absolute Gasteiger partial charge is 0.481 e. The molecule has 0 aliphatic carbocycles. The van der Waals surface area contributed by atoms with Gasteiger partial charge in [-0.3, -0.25) is 4.79 Å². The first-order valence-corrected chi connectivity index (χ1v) is 7.72. The molecule has 0 unspecified atom stereocenters. The minimum absolute atomic E-state index is 0.00351. The average molecular weight is 286 g/mol. The maximum Gasteiger partial charge on any atom is 0.317 e. The fourth-order valence-electron chi connectivity index (χ4n) is 1.97. The number of urea groups is 1. The van der Waals surface area contributed by atoms with E-state index in [-0.39, 0.29) is 19.0 Å². The van der Waals surface area contributed by atoms with Gasteiger partial charge in [0.2, 0.25) is 0 Å². The number of hydrogen-bond donors (Lipinski definition) is 2. The number of nitrogens with one attached hydrogen (secondary N) is 1. The maximum atomic E-state index is 11.8. The number of rotatable bonds is 11. The van der Waals surface area contributed by atoms with E-state index in [1.165, 1.54) is 24.2 Å². The van der Waals surface area contributed by atoms with Crippen LogP contribution in [0.1, 0.15) is 59.3 Å². The van der Waals surface area contributed by atoms with E-state index in [2.05, 4.69) is 19.2 Å². The van der Waals surface area contributed by atoms with Crippen LogP contribution in [0.2, 0.25) is 0 Å². The summed E-state index contributed by atoms with van der Waals surface area (Å²) in [6.07, 6.45) is 5.85. The number of unbranched alkanes of at least 4 members (excludes halogenated alkanes) is 3. The van der Waals surface area contributed by atoms with Crippen LogP contribution in [-0.4, -0.2) is 41.6 Å². The van der Waals surface area contributed by atoms with Crippen LogP contribution in [0.15, 0.2) is 0 Å². The lowest BCUT2D eigenvalue weighted by Gasteiger charge is -2.20. The van der Waals surface area contributed by atoms with Crippen LogP contribution in [0.25, 0.3) is 0 Å². The summed E-state index contributed by atoms with van der Waals surface area (Å²) in [5, 5.41) is 11.5. The van der Waals surface area contributed by atoms with E-state index in [1.54, 1.807) is 0 Å². The zero-order valence-electron chi connectivity index (χ0n) is 13.2. The molecule has 5 heteroatoms. The summed E-state index contributed by atoms with van der Waals surface area (Å²) >= 11 is 0. The van der Waals surface area contributed by atoms with Crippen LogP contribution < -0.4 is 5.32 Å². The molecule has 0 bridgehead atoms. The zero-order chi connectivity index (χ0) is 15.4. The van der Waals surface area contributed by atoms with Crippen molar-refractivity contribution in [3.63, 3.8) is 0 Å². The number of carboxylic acids is 1. The van der Waals surface area contributed by atoms with E-state index in [1.807, 2.05) is 6.92 Å². The third-order valence-electron chi connectivity index (χ3n) is 3.25. The summed E-state index contributed by atoms with van der Waals surface area (Å²) < 4.78 is 0. The molecule has 0 atom stereocenters. The summed E-state index contributed by atoms with van der Waals surface area (Å²) in [6.45, 7) is 7.80. The lowest BCUT2D eigenvalue weighted by Crippen LogP contribution is -2.41. The third kappa shape index (κ3) is 10.6. The van der Waals surface area contributed by atoms with Crippen molar-refractivity contribution in [2.75, 3.05) is 19.6 Å². The number of carboxylic acid groups (broad SMARTS) is 1. The summed E-state index contributed by atoms with van der Waals surface area (Å²) in [7, 11) is 0. The van der Waals surface area contributed by atoms with Gasteiger partial charge < -0.3 is 15.3 Å². The van der Waals surface area contributed by atoms with E-state index < -0.39 is 5.97 Å². The van der Waals surface area contributed by atoms with Crippen molar-refractivity contribution in [1.82, 2.24) is 10.2 Å². The van der Waals surface area contributed by atoms with Gasteiger partial charge in [0.05, 0.1) is 6.42 Å². The van der Waals surface area contributed by atoms with Crippen LogP contribution in [0.5, 0.6) is 0 Å². The van der Waals surface area contributed by atoms with Gasteiger partial charge in [-0.15, -0.1) is 0 Å². The minimum atomic E-state index is -0.874. The smallest absolute Gasteiger partial charge is 0.317 e. The molecule has 2 N–H and O–H groups in total. The average Bonchev–Trinajstić information content (AvgIpc) is 2.37. The predicted molar refractivity (Wildman–Crippen MR) is 80.8 cm³/mol. The lowest BCUT2D eigenvalue weighted by molar-refractivity contribution is -0.137. The first-order chi connectivity index (χ1) is 9.47. The van der Waals surface area contributed by atoms with Crippen LogP contribution in [-0.2, 0) is 4.79 Å². The quantitative estimate of drug-likeness (QED) is 0.573. The molecular formula is C15H30N2O3. The molecule has 0 rings (SSSR count). The fraction of sp³-hybridized carbons (Fsp3) is 0.867. The Labute approximate surface area is 122 Å². The predicted octanol–water partition coefficient (Wildman–Crippen LogP) is 3.10. The number of carbonyl (C=O) groups excluding carboxylic acids is 1. The van der Waals surface area contributed by atoms with Crippen molar-refractivity contribution in [2.45, 2.75) is 59.3 Å². The molecule has 0 aliphatic heterocycles.